The van der Waals surface area contributed by atoms with Gasteiger partial charge in [0.05, 0.1) is 19.5 Å². The predicted molar refractivity (Wildman–Crippen MR) is 84.8 cm³/mol. The Balaban J connectivity index is 1.37. The number of carbonyl (C=O) groups excluding carboxylic acids is 1. The summed E-state index contributed by atoms with van der Waals surface area (Å²) in [6.45, 7) is 2.94. The first-order chi connectivity index (χ1) is 11.7. The van der Waals surface area contributed by atoms with E-state index in [4.69, 9.17) is 13.9 Å². The summed E-state index contributed by atoms with van der Waals surface area (Å²) < 4.78 is 16.5. The van der Waals surface area contributed by atoms with E-state index in [1.165, 1.54) is 6.26 Å². The van der Waals surface area contributed by atoms with E-state index < -0.39 is 5.79 Å². The third-order valence-electron chi connectivity index (χ3n) is 4.30. The number of rotatable bonds is 3. The molecule has 1 spiro atoms. The molecule has 4 heterocycles. The van der Waals surface area contributed by atoms with Gasteiger partial charge in [0.1, 0.15) is 0 Å². The zero-order valence-corrected chi connectivity index (χ0v) is 13.1. The lowest BCUT2D eigenvalue weighted by Crippen LogP contribution is -2.45. The molecule has 0 bridgehead atoms. The fourth-order valence-corrected chi connectivity index (χ4v) is 3.01. The highest BCUT2D eigenvalue weighted by Gasteiger charge is 2.40. The van der Waals surface area contributed by atoms with E-state index in [1.807, 2.05) is 6.07 Å². The van der Waals surface area contributed by atoms with E-state index in [0.717, 1.165) is 31.7 Å². The third kappa shape index (κ3) is 2.98. The summed E-state index contributed by atoms with van der Waals surface area (Å²) in [5, 5.41) is 10.9. The first kappa shape index (κ1) is 15.1. The van der Waals surface area contributed by atoms with Crippen molar-refractivity contribution < 1.29 is 18.7 Å². The lowest BCUT2D eigenvalue weighted by molar-refractivity contribution is -0.169. The van der Waals surface area contributed by atoms with Gasteiger partial charge in [-0.25, -0.2) is 0 Å². The Morgan fingerprint density at radius 1 is 1.12 bits per heavy atom. The molecule has 24 heavy (non-hydrogen) atoms. The molecule has 2 fully saturated rings. The van der Waals surface area contributed by atoms with Crippen LogP contribution >= 0.6 is 0 Å². The van der Waals surface area contributed by atoms with Crippen molar-refractivity contribution >= 4 is 17.5 Å². The molecule has 0 atom stereocenters. The molecular weight excluding hydrogens is 312 g/mol. The first-order valence-electron chi connectivity index (χ1n) is 7.96. The molecule has 1 amide bonds. The van der Waals surface area contributed by atoms with E-state index in [9.17, 15) is 4.79 Å². The summed E-state index contributed by atoms with van der Waals surface area (Å²) in [7, 11) is 0. The lowest BCUT2D eigenvalue weighted by Gasteiger charge is -2.37. The highest BCUT2D eigenvalue weighted by atomic mass is 16.7. The summed E-state index contributed by atoms with van der Waals surface area (Å²) in [4.78, 5) is 14.0. The highest BCUT2D eigenvalue weighted by Crippen LogP contribution is 2.32. The van der Waals surface area contributed by atoms with Crippen molar-refractivity contribution in [2.75, 3.05) is 36.5 Å². The number of amides is 1. The number of aromatic nitrogens is 2. The number of nitrogens with one attached hydrogen (secondary N) is 1. The largest absolute Gasteiger partial charge is 0.459 e. The van der Waals surface area contributed by atoms with Crippen molar-refractivity contribution in [1.29, 1.82) is 0 Å². The van der Waals surface area contributed by atoms with Crippen molar-refractivity contribution in [2.24, 2.45) is 0 Å². The van der Waals surface area contributed by atoms with Crippen LogP contribution in [0.1, 0.15) is 23.4 Å². The van der Waals surface area contributed by atoms with Gasteiger partial charge in [-0.3, -0.25) is 4.79 Å². The van der Waals surface area contributed by atoms with E-state index in [2.05, 4.69) is 20.4 Å². The standard InChI is InChI=1S/C16H18N4O4/c21-15(12-2-1-9-22-12)17-13-3-4-14(19-18-13)20-7-5-16(6-8-20)23-10-11-24-16/h1-4,9H,5-8,10-11H2,(H,17,18,21). The highest BCUT2D eigenvalue weighted by molar-refractivity contribution is 6.01. The minimum atomic E-state index is -0.402. The van der Waals surface area contributed by atoms with Gasteiger partial charge >= 0.3 is 0 Å². The van der Waals surface area contributed by atoms with Crippen LogP contribution in [0.15, 0.2) is 34.9 Å². The average Bonchev–Trinajstić information content (AvgIpc) is 3.29. The van der Waals surface area contributed by atoms with Crippen LogP contribution in [0.3, 0.4) is 0 Å². The fourth-order valence-electron chi connectivity index (χ4n) is 3.01. The number of hydrogen-bond donors (Lipinski definition) is 1. The molecule has 4 rings (SSSR count). The maximum Gasteiger partial charge on any atom is 0.292 e. The van der Waals surface area contributed by atoms with Gasteiger partial charge in [0.2, 0.25) is 0 Å². The summed E-state index contributed by atoms with van der Waals surface area (Å²) in [6, 6.07) is 6.83. The molecule has 1 N–H and O–H groups in total. The Morgan fingerprint density at radius 2 is 1.92 bits per heavy atom. The van der Waals surface area contributed by atoms with Gasteiger partial charge in [0, 0.05) is 25.9 Å². The number of ether oxygens (including phenoxy) is 2. The maximum atomic E-state index is 11.9. The van der Waals surface area contributed by atoms with Crippen LogP contribution in [-0.2, 0) is 9.47 Å². The lowest BCUT2D eigenvalue weighted by atomic mass is 10.0. The minimum Gasteiger partial charge on any atom is -0.459 e. The van der Waals surface area contributed by atoms with E-state index in [-0.39, 0.29) is 11.7 Å². The summed E-state index contributed by atoms with van der Waals surface area (Å²) in [5.74, 6) is 0.646. The molecule has 2 aromatic heterocycles. The molecule has 0 aliphatic carbocycles. The fraction of sp³-hybridized carbons (Fsp3) is 0.438. The normalized spacial score (nSPS) is 19.6. The molecule has 0 unspecified atom stereocenters. The smallest absolute Gasteiger partial charge is 0.292 e. The number of hydrogen-bond acceptors (Lipinski definition) is 7. The van der Waals surface area contributed by atoms with Gasteiger partial charge < -0.3 is 24.1 Å². The van der Waals surface area contributed by atoms with Gasteiger partial charge in [-0.15, -0.1) is 10.2 Å². The molecule has 8 heteroatoms. The second-order valence-electron chi connectivity index (χ2n) is 5.80. The van der Waals surface area contributed by atoms with Gasteiger partial charge in [-0.2, -0.15) is 0 Å². The second kappa shape index (κ2) is 6.21. The van der Waals surface area contributed by atoms with Crippen LogP contribution < -0.4 is 10.2 Å². The Labute approximate surface area is 138 Å². The second-order valence-corrected chi connectivity index (χ2v) is 5.80. The Bertz CT molecular complexity index is 685. The molecule has 2 aliphatic rings. The molecule has 126 valence electrons. The van der Waals surface area contributed by atoms with Crippen LogP contribution in [-0.4, -0.2) is 48.2 Å². The van der Waals surface area contributed by atoms with E-state index in [0.29, 0.717) is 19.0 Å². The van der Waals surface area contributed by atoms with E-state index in [1.54, 1.807) is 18.2 Å². The molecule has 2 saturated heterocycles. The van der Waals surface area contributed by atoms with Crippen LogP contribution in [0.5, 0.6) is 0 Å². The monoisotopic (exact) mass is 330 g/mol. The van der Waals surface area contributed by atoms with Crippen molar-refractivity contribution in [3.8, 4) is 0 Å². The topological polar surface area (TPSA) is 89.7 Å². The zero-order valence-electron chi connectivity index (χ0n) is 13.1. The molecule has 0 aromatic carbocycles. The predicted octanol–water partition coefficient (Wildman–Crippen LogP) is 1.67. The molecule has 8 nitrogen and oxygen atoms in total. The van der Waals surface area contributed by atoms with Crippen LogP contribution in [0.25, 0.3) is 0 Å². The number of piperidine rings is 1. The van der Waals surface area contributed by atoms with Crippen LogP contribution in [0.4, 0.5) is 11.6 Å². The van der Waals surface area contributed by atoms with Crippen molar-refractivity contribution in [3.05, 3.63) is 36.3 Å². The van der Waals surface area contributed by atoms with Gasteiger partial charge in [0.25, 0.3) is 5.91 Å². The molecule has 0 saturated carbocycles. The summed E-state index contributed by atoms with van der Waals surface area (Å²) in [6.07, 6.45) is 3.07. The van der Waals surface area contributed by atoms with Crippen molar-refractivity contribution in [1.82, 2.24) is 10.2 Å². The Morgan fingerprint density at radius 3 is 2.54 bits per heavy atom. The third-order valence-corrected chi connectivity index (χ3v) is 4.30. The molecule has 2 aromatic rings. The quantitative estimate of drug-likeness (QED) is 0.915. The molecule has 2 aliphatic heterocycles. The minimum absolute atomic E-state index is 0.235. The number of carbonyl (C=O) groups is 1. The molecule has 0 radical (unpaired) electrons. The van der Waals surface area contributed by atoms with Crippen molar-refractivity contribution in [3.63, 3.8) is 0 Å². The number of furan rings is 1. The van der Waals surface area contributed by atoms with E-state index >= 15 is 0 Å². The average molecular weight is 330 g/mol. The van der Waals surface area contributed by atoms with Gasteiger partial charge in [-0.1, -0.05) is 0 Å². The number of nitrogens with zero attached hydrogens (tertiary/aromatic N) is 3. The molecular formula is C16H18N4O4. The summed E-state index contributed by atoms with van der Waals surface area (Å²) in [5.41, 5.74) is 0. The van der Waals surface area contributed by atoms with Gasteiger partial charge in [0.15, 0.2) is 23.2 Å². The Kier molecular flexibility index (Phi) is 3.91. The zero-order chi connectivity index (χ0) is 16.4. The number of anilines is 2. The maximum absolute atomic E-state index is 11.9. The van der Waals surface area contributed by atoms with Crippen molar-refractivity contribution in [2.45, 2.75) is 18.6 Å². The Hall–Kier alpha value is -2.45. The SMILES string of the molecule is O=C(Nc1ccc(N2CCC3(CC2)OCCO3)nn1)c1ccco1. The van der Waals surface area contributed by atoms with Crippen LogP contribution in [0.2, 0.25) is 0 Å². The van der Waals surface area contributed by atoms with Crippen LogP contribution in [0, 0.1) is 0 Å². The van der Waals surface area contributed by atoms with Gasteiger partial charge in [-0.05, 0) is 24.3 Å². The first-order valence-corrected chi connectivity index (χ1v) is 7.96. The summed E-state index contributed by atoms with van der Waals surface area (Å²) >= 11 is 0.